The largest absolute Gasteiger partial charge is 0.345 e. The molecule has 0 spiro atoms. The summed E-state index contributed by atoms with van der Waals surface area (Å²) in [5.41, 5.74) is 7.71. The summed E-state index contributed by atoms with van der Waals surface area (Å²) in [6, 6.07) is 8.22. The summed E-state index contributed by atoms with van der Waals surface area (Å²) in [6.07, 6.45) is 2.60. The molecule has 0 bridgehead atoms. The van der Waals surface area contributed by atoms with Crippen molar-refractivity contribution in [3.05, 3.63) is 52.0 Å². The van der Waals surface area contributed by atoms with Gasteiger partial charge in [-0.05, 0) is 17.7 Å². The molecule has 0 unspecified atom stereocenters. The van der Waals surface area contributed by atoms with Crippen LogP contribution in [0.25, 0.3) is 0 Å². The molecule has 0 aliphatic carbocycles. The summed E-state index contributed by atoms with van der Waals surface area (Å²) in [5.74, 6) is 0.956. The Bertz CT molecular complexity index is 433. The molecule has 1 heterocycles. The first-order chi connectivity index (χ1) is 7.28. The van der Waals surface area contributed by atoms with Gasteiger partial charge in [0.2, 0.25) is 0 Å². The molecule has 0 atom stereocenters. The maximum atomic E-state index is 5.50. The maximum absolute atomic E-state index is 5.50. The third-order valence-corrected chi connectivity index (χ3v) is 2.71. The SMILES string of the molecule is NCc1cnc(Cc2ccc(Br)cc2)[nH]1. The highest BCUT2D eigenvalue weighted by Gasteiger charge is 2.00. The van der Waals surface area contributed by atoms with Gasteiger partial charge in [-0.25, -0.2) is 4.98 Å². The Kier molecular flexibility index (Phi) is 3.18. The van der Waals surface area contributed by atoms with Crippen LogP contribution >= 0.6 is 15.9 Å². The predicted octanol–water partition coefficient (Wildman–Crippen LogP) is 2.22. The van der Waals surface area contributed by atoms with Crippen LogP contribution in [0.1, 0.15) is 17.1 Å². The topological polar surface area (TPSA) is 54.7 Å². The van der Waals surface area contributed by atoms with E-state index in [9.17, 15) is 0 Å². The van der Waals surface area contributed by atoms with Crippen molar-refractivity contribution in [1.82, 2.24) is 9.97 Å². The van der Waals surface area contributed by atoms with Gasteiger partial charge in [-0.15, -0.1) is 0 Å². The number of H-pyrrole nitrogens is 1. The van der Waals surface area contributed by atoms with Gasteiger partial charge in [-0.2, -0.15) is 0 Å². The fraction of sp³-hybridized carbons (Fsp3) is 0.182. The van der Waals surface area contributed by atoms with Crippen LogP contribution in [-0.4, -0.2) is 9.97 Å². The van der Waals surface area contributed by atoms with Gasteiger partial charge >= 0.3 is 0 Å². The van der Waals surface area contributed by atoms with Crippen molar-refractivity contribution in [2.45, 2.75) is 13.0 Å². The first-order valence-corrected chi connectivity index (χ1v) is 5.54. The average Bonchev–Trinajstić information content (AvgIpc) is 2.69. The molecule has 0 fully saturated rings. The van der Waals surface area contributed by atoms with E-state index in [0.29, 0.717) is 6.54 Å². The fourth-order valence-electron chi connectivity index (χ4n) is 1.39. The highest BCUT2D eigenvalue weighted by atomic mass is 79.9. The molecular formula is C11H12BrN3. The molecule has 0 aliphatic rings. The van der Waals surface area contributed by atoms with Crippen molar-refractivity contribution in [1.29, 1.82) is 0 Å². The van der Waals surface area contributed by atoms with Crippen molar-refractivity contribution >= 4 is 15.9 Å². The second-order valence-electron chi connectivity index (χ2n) is 3.36. The van der Waals surface area contributed by atoms with E-state index in [1.165, 1.54) is 5.56 Å². The number of nitrogens with two attached hydrogens (primary N) is 1. The lowest BCUT2D eigenvalue weighted by atomic mass is 10.1. The lowest BCUT2D eigenvalue weighted by molar-refractivity contribution is 0.967. The lowest BCUT2D eigenvalue weighted by Gasteiger charge is -1.98. The number of aromatic amines is 1. The number of halogens is 1. The second-order valence-corrected chi connectivity index (χ2v) is 4.28. The molecule has 1 aromatic heterocycles. The van der Waals surface area contributed by atoms with Crippen molar-refractivity contribution in [2.75, 3.05) is 0 Å². The van der Waals surface area contributed by atoms with Crippen LogP contribution in [0.3, 0.4) is 0 Å². The lowest BCUT2D eigenvalue weighted by Crippen LogP contribution is -1.97. The zero-order valence-corrected chi connectivity index (χ0v) is 9.79. The van der Waals surface area contributed by atoms with Crippen LogP contribution in [-0.2, 0) is 13.0 Å². The quantitative estimate of drug-likeness (QED) is 0.895. The summed E-state index contributed by atoms with van der Waals surface area (Å²) in [4.78, 5) is 7.44. The third kappa shape index (κ3) is 2.67. The molecule has 4 heteroatoms. The van der Waals surface area contributed by atoms with E-state index in [4.69, 9.17) is 5.73 Å². The molecule has 0 saturated carbocycles. The van der Waals surface area contributed by atoms with Crippen LogP contribution in [0.15, 0.2) is 34.9 Å². The van der Waals surface area contributed by atoms with Gasteiger partial charge in [0.05, 0.1) is 0 Å². The minimum Gasteiger partial charge on any atom is -0.345 e. The van der Waals surface area contributed by atoms with Crippen molar-refractivity contribution < 1.29 is 0 Å². The van der Waals surface area contributed by atoms with Crippen molar-refractivity contribution in [3.63, 3.8) is 0 Å². The number of aromatic nitrogens is 2. The van der Waals surface area contributed by atoms with E-state index in [-0.39, 0.29) is 0 Å². The summed E-state index contributed by atoms with van der Waals surface area (Å²) in [5, 5.41) is 0. The predicted molar refractivity (Wildman–Crippen MR) is 63.4 cm³/mol. The van der Waals surface area contributed by atoms with Gasteiger partial charge in [0.1, 0.15) is 5.82 Å². The number of hydrogen-bond donors (Lipinski definition) is 2. The van der Waals surface area contributed by atoms with E-state index in [2.05, 4.69) is 38.0 Å². The fourth-order valence-corrected chi connectivity index (χ4v) is 1.66. The van der Waals surface area contributed by atoms with Gasteiger partial charge in [0, 0.05) is 29.3 Å². The van der Waals surface area contributed by atoms with Crippen molar-refractivity contribution in [2.24, 2.45) is 5.73 Å². The standard InChI is InChI=1S/C11H12BrN3/c12-9-3-1-8(2-4-9)5-11-14-7-10(6-13)15-11/h1-4,7H,5-6,13H2,(H,14,15). The van der Waals surface area contributed by atoms with E-state index in [0.717, 1.165) is 22.4 Å². The van der Waals surface area contributed by atoms with Gasteiger partial charge in [-0.3, -0.25) is 0 Å². The average molecular weight is 266 g/mol. The highest BCUT2D eigenvalue weighted by molar-refractivity contribution is 9.10. The van der Waals surface area contributed by atoms with Crippen molar-refractivity contribution in [3.8, 4) is 0 Å². The Morgan fingerprint density at radius 2 is 2.00 bits per heavy atom. The number of rotatable bonds is 3. The van der Waals surface area contributed by atoms with E-state index in [1.54, 1.807) is 6.20 Å². The summed E-state index contributed by atoms with van der Waals surface area (Å²) < 4.78 is 1.09. The summed E-state index contributed by atoms with van der Waals surface area (Å²) in [6.45, 7) is 0.507. The van der Waals surface area contributed by atoms with E-state index in [1.807, 2.05) is 12.1 Å². The number of benzene rings is 1. The maximum Gasteiger partial charge on any atom is 0.110 e. The zero-order chi connectivity index (χ0) is 10.7. The molecule has 3 N–H and O–H groups in total. The summed E-state index contributed by atoms with van der Waals surface area (Å²) in [7, 11) is 0. The number of nitrogens with one attached hydrogen (secondary N) is 1. The van der Waals surface area contributed by atoms with Crippen LogP contribution in [0.2, 0.25) is 0 Å². The monoisotopic (exact) mass is 265 g/mol. The van der Waals surface area contributed by atoms with Gasteiger partial charge in [-0.1, -0.05) is 28.1 Å². The Balaban J connectivity index is 2.11. The molecule has 2 rings (SSSR count). The van der Waals surface area contributed by atoms with Gasteiger partial charge in [0.15, 0.2) is 0 Å². The van der Waals surface area contributed by atoms with Crippen LogP contribution in [0.4, 0.5) is 0 Å². The molecule has 0 radical (unpaired) electrons. The Hall–Kier alpha value is -1.13. The van der Waals surface area contributed by atoms with Gasteiger partial charge in [0.25, 0.3) is 0 Å². The molecule has 1 aromatic carbocycles. The summed E-state index contributed by atoms with van der Waals surface area (Å²) >= 11 is 3.41. The molecular weight excluding hydrogens is 254 g/mol. The first kappa shape index (κ1) is 10.4. The minimum atomic E-state index is 0.507. The second kappa shape index (κ2) is 4.59. The first-order valence-electron chi connectivity index (χ1n) is 4.75. The molecule has 78 valence electrons. The minimum absolute atomic E-state index is 0.507. The molecule has 15 heavy (non-hydrogen) atoms. The normalized spacial score (nSPS) is 10.5. The number of imidazole rings is 1. The Morgan fingerprint density at radius 3 is 2.60 bits per heavy atom. The third-order valence-electron chi connectivity index (χ3n) is 2.19. The number of nitrogens with zero attached hydrogens (tertiary/aromatic N) is 1. The zero-order valence-electron chi connectivity index (χ0n) is 8.20. The molecule has 2 aromatic rings. The molecule has 0 amide bonds. The smallest absolute Gasteiger partial charge is 0.110 e. The Labute approximate surface area is 96.9 Å². The van der Waals surface area contributed by atoms with E-state index >= 15 is 0 Å². The highest BCUT2D eigenvalue weighted by Crippen LogP contribution is 2.12. The van der Waals surface area contributed by atoms with E-state index < -0.39 is 0 Å². The Morgan fingerprint density at radius 1 is 1.27 bits per heavy atom. The van der Waals surface area contributed by atoms with Crippen LogP contribution in [0, 0.1) is 0 Å². The number of hydrogen-bond acceptors (Lipinski definition) is 2. The van der Waals surface area contributed by atoms with Crippen LogP contribution < -0.4 is 5.73 Å². The molecule has 3 nitrogen and oxygen atoms in total. The van der Waals surface area contributed by atoms with Crippen LogP contribution in [0.5, 0.6) is 0 Å². The molecule has 0 saturated heterocycles. The van der Waals surface area contributed by atoms with Gasteiger partial charge < -0.3 is 10.7 Å². The molecule has 0 aliphatic heterocycles.